The molecule has 0 aliphatic heterocycles. The summed E-state index contributed by atoms with van der Waals surface area (Å²) in [6, 6.07) is 10.3. The first-order valence-electron chi connectivity index (χ1n) is 5.08. The highest BCUT2D eigenvalue weighted by Crippen LogP contribution is 2.08. The molecule has 13 heavy (non-hydrogen) atoms. The van der Waals surface area contributed by atoms with Gasteiger partial charge < -0.3 is 0 Å². The molecule has 0 spiro atoms. The third kappa shape index (κ3) is 3.60. The largest absolute Gasteiger partial charge is 0.0871 e. The number of hydrogen-bond donors (Lipinski definition) is 0. The summed E-state index contributed by atoms with van der Waals surface area (Å²) in [6.45, 7) is 2.05. The lowest BCUT2D eigenvalue weighted by Gasteiger charge is -1.99. The molecular weight excluding hydrogens is 172 g/mol. The molecule has 70 valence electrons. The zero-order valence-electron chi connectivity index (χ0n) is 8.59. The van der Waals surface area contributed by atoms with Crippen molar-refractivity contribution < 1.29 is 0 Å². The van der Waals surface area contributed by atoms with Crippen LogP contribution in [0.1, 0.15) is 24.5 Å². The summed E-state index contributed by atoms with van der Waals surface area (Å²) in [7, 11) is 1.34. The second-order valence-corrected chi connectivity index (χ2v) is 4.35. The van der Waals surface area contributed by atoms with Crippen LogP contribution in [-0.2, 0) is 6.42 Å². The fraction of sp³-hybridized carbons (Fsp3) is 0.333. The molecule has 0 heterocycles. The van der Waals surface area contributed by atoms with Crippen LogP contribution >= 0.6 is 0 Å². The van der Waals surface area contributed by atoms with Gasteiger partial charge in [0.05, 0.1) is 0 Å². The quantitative estimate of drug-likeness (QED) is 0.640. The summed E-state index contributed by atoms with van der Waals surface area (Å²) in [5.74, 6) is 0. The molecule has 0 atom stereocenters. The second kappa shape index (κ2) is 5.76. The molecule has 0 amide bonds. The van der Waals surface area contributed by atoms with Gasteiger partial charge in [0.25, 0.3) is 0 Å². The van der Waals surface area contributed by atoms with Gasteiger partial charge in [-0.15, -0.1) is 0 Å². The molecule has 1 aromatic carbocycles. The van der Waals surface area contributed by atoms with Gasteiger partial charge in [-0.2, -0.15) is 0 Å². The number of benzene rings is 1. The summed E-state index contributed by atoms with van der Waals surface area (Å²) < 4.78 is 0. The Morgan fingerprint density at radius 1 is 1.23 bits per heavy atom. The van der Waals surface area contributed by atoms with E-state index in [1.807, 2.05) is 0 Å². The van der Waals surface area contributed by atoms with Crippen LogP contribution < -0.4 is 0 Å². The fourth-order valence-corrected chi connectivity index (χ4v) is 1.72. The molecule has 0 nitrogen and oxygen atoms in total. The normalized spacial score (nSPS) is 11.2. The van der Waals surface area contributed by atoms with Crippen LogP contribution in [0.15, 0.2) is 30.3 Å². The van der Waals surface area contributed by atoms with Gasteiger partial charge >= 0.3 is 0 Å². The Balaban J connectivity index is 2.58. The van der Waals surface area contributed by atoms with Crippen LogP contribution in [0.3, 0.4) is 0 Å². The zero-order chi connectivity index (χ0) is 9.52. The number of hydrogen-bond acceptors (Lipinski definition) is 0. The molecule has 0 radical (unpaired) electrons. The lowest BCUT2D eigenvalue weighted by atomic mass is 10.1. The van der Waals surface area contributed by atoms with Crippen molar-refractivity contribution in [2.24, 2.45) is 0 Å². The van der Waals surface area contributed by atoms with Crippen LogP contribution in [0.25, 0.3) is 6.08 Å². The van der Waals surface area contributed by atoms with E-state index >= 15 is 0 Å². The maximum atomic E-state index is 2.24. The summed E-state index contributed by atoms with van der Waals surface area (Å²) in [6.07, 6.45) is 6.82. The first-order chi connectivity index (χ1) is 6.36. The van der Waals surface area contributed by atoms with Crippen molar-refractivity contribution in [2.45, 2.75) is 25.8 Å². The van der Waals surface area contributed by atoms with Crippen LogP contribution in [0.2, 0.25) is 6.04 Å². The lowest BCUT2D eigenvalue weighted by Crippen LogP contribution is -1.84. The molecule has 1 rings (SSSR count). The van der Waals surface area contributed by atoms with Gasteiger partial charge in [-0.05, 0) is 24.5 Å². The summed E-state index contributed by atoms with van der Waals surface area (Å²) in [5, 5.41) is 0. The smallest absolute Gasteiger partial charge is 0.00281 e. The average molecular weight is 190 g/mol. The zero-order valence-corrected chi connectivity index (χ0v) is 10.6. The van der Waals surface area contributed by atoms with Crippen molar-refractivity contribution in [3.8, 4) is 0 Å². The van der Waals surface area contributed by atoms with Crippen LogP contribution in [0.5, 0.6) is 0 Å². The van der Waals surface area contributed by atoms with E-state index in [1.54, 1.807) is 0 Å². The Labute approximate surface area is 84.1 Å². The molecular formula is C12H18Si. The van der Waals surface area contributed by atoms with E-state index in [9.17, 15) is 0 Å². The van der Waals surface area contributed by atoms with Gasteiger partial charge in [-0.1, -0.05) is 48.9 Å². The third-order valence-electron chi connectivity index (χ3n) is 2.16. The van der Waals surface area contributed by atoms with Gasteiger partial charge in [0.15, 0.2) is 0 Å². The molecule has 1 heteroatoms. The van der Waals surface area contributed by atoms with E-state index in [-0.39, 0.29) is 0 Å². The lowest BCUT2D eigenvalue weighted by molar-refractivity contribution is 0.919. The van der Waals surface area contributed by atoms with Crippen molar-refractivity contribution in [3.05, 3.63) is 41.5 Å². The fourth-order valence-electron chi connectivity index (χ4n) is 1.37. The highest BCUT2D eigenvalue weighted by Gasteiger charge is 1.91. The maximum Gasteiger partial charge on any atom is 0.00281 e. The van der Waals surface area contributed by atoms with Gasteiger partial charge in [-0.3, -0.25) is 0 Å². The Kier molecular flexibility index (Phi) is 4.55. The highest BCUT2D eigenvalue weighted by molar-refractivity contribution is 6.08. The second-order valence-electron chi connectivity index (χ2n) is 3.35. The van der Waals surface area contributed by atoms with Crippen molar-refractivity contribution in [2.75, 3.05) is 0 Å². The molecule has 0 unspecified atom stereocenters. The Bertz CT molecular complexity index is 259. The molecule has 0 saturated heterocycles. The average Bonchev–Trinajstić information content (AvgIpc) is 2.17. The van der Waals surface area contributed by atoms with Crippen molar-refractivity contribution in [1.29, 1.82) is 0 Å². The third-order valence-corrected chi connectivity index (χ3v) is 2.86. The standard InChI is InChI=1S/C12H18Si/c1-2-4-11-6-8-12(9-7-11)5-3-10-13/h2,4,6-9H,3,5,10H2,1,13H3/b4-2+. The molecule has 0 saturated carbocycles. The van der Waals surface area contributed by atoms with Crippen molar-refractivity contribution in [3.63, 3.8) is 0 Å². The molecule has 0 N–H and O–H groups in total. The maximum absolute atomic E-state index is 2.24. The first kappa shape index (κ1) is 10.3. The molecule has 0 bridgehead atoms. The van der Waals surface area contributed by atoms with E-state index in [4.69, 9.17) is 0 Å². The van der Waals surface area contributed by atoms with Crippen molar-refractivity contribution >= 4 is 16.3 Å². The predicted octanol–water partition coefficient (Wildman–Crippen LogP) is 2.44. The molecule has 0 aliphatic carbocycles. The molecule has 1 aromatic rings. The SMILES string of the molecule is C/C=C/c1ccc(CCC[SiH3])cc1. The van der Waals surface area contributed by atoms with Crippen LogP contribution in [-0.4, -0.2) is 10.2 Å². The van der Waals surface area contributed by atoms with Gasteiger partial charge in [0, 0.05) is 10.2 Å². The van der Waals surface area contributed by atoms with Crippen LogP contribution in [0, 0.1) is 0 Å². The molecule has 0 aromatic heterocycles. The van der Waals surface area contributed by atoms with E-state index in [0.29, 0.717) is 0 Å². The number of allylic oxidation sites excluding steroid dienone is 1. The van der Waals surface area contributed by atoms with E-state index in [1.165, 1.54) is 40.3 Å². The first-order valence-corrected chi connectivity index (χ1v) is 6.50. The minimum absolute atomic E-state index is 1.25. The predicted molar refractivity (Wildman–Crippen MR) is 64.2 cm³/mol. The Hall–Kier alpha value is -0.823. The van der Waals surface area contributed by atoms with Crippen molar-refractivity contribution in [1.82, 2.24) is 0 Å². The topological polar surface area (TPSA) is 0 Å². The highest BCUT2D eigenvalue weighted by atomic mass is 28.1. The van der Waals surface area contributed by atoms with Crippen LogP contribution in [0.4, 0.5) is 0 Å². The summed E-state index contributed by atoms with van der Waals surface area (Å²) in [4.78, 5) is 0. The summed E-state index contributed by atoms with van der Waals surface area (Å²) >= 11 is 0. The van der Waals surface area contributed by atoms with E-state index in [0.717, 1.165) is 0 Å². The summed E-state index contributed by atoms with van der Waals surface area (Å²) in [5.41, 5.74) is 2.78. The Morgan fingerprint density at radius 2 is 1.92 bits per heavy atom. The van der Waals surface area contributed by atoms with E-state index < -0.39 is 0 Å². The molecule has 0 fully saturated rings. The monoisotopic (exact) mass is 190 g/mol. The minimum atomic E-state index is 1.25. The number of aryl methyl sites for hydroxylation is 1. The van der Waals surface area contributed by atoms with E-state index in [2.05, 4.69) is 43.3 Å². The Morgan fingerprint density at radius 3 is 2.46 bits per heavy atom. The number of rotatable bonds is 4. The van der Waals surface area contributed by atoms with Gasteiger partial charge in [0.2, 0.25) is 0 Å². The minimum Gasteiger partial charge on any atom is -0.0871 e. The van der Waals surface area contributed by atoms with Gasteiger partial charge in [-0.25, -0.2) is 0 Å². The molecule has 0 aliphatic rings. The van der Waals surface area contributed by atoms with Gasteiger partial charge in [0.1, 0.15) is 0 Å².